The molecule has 0 aliphatic carbocycles. The number of anilines is 1. The summed E-state index contributed by atoms with van der Waals surface area (Å²) >= 11 is 0. The van der Waals surface area contributed by atoms with Crippen LogP contribution in [0.15, 0.2) is 53.4 Å². The van der Waals surface area contributed by atoms with Crippen molar-refractivity contribution in [3.8, 4) is 0 Å². The largest absolute Gasteiger partial charge is 0.384 e. The summed E-state index contributed by atoms with van der Waals surface area (Å²) in [5.41, 5.74) is 6.17. The fourth-order valence-corrected chi connectivity index (χ4v) is 3.39. The highest BCUT2D eigenvalue weighted by atomic mass is 32.2. The number of hydrogen-bond acceptors (Lipinski definition) is 7. The van der Waals surface area contributed by atoms with Crippen LogP contribution in [0.3, 0.4) is 0 Å². The molecule has 0 unspecified atom stereocenters. The summed E-state index contributed by atoms with van der Waals surface area (Å²) in [6, 6.07) is 11.7. The SMILES string of the molecule is CCC(=O)ONS(=O)(=O)c1ccccc1NC(=O)CCNC(=O)c1ccc(C(=N)N)cc1. The maximum Gasteiger partial charge on any atom is 0.325 e. The smallest absolute Gasteiger partial charge is 0.325 e. The van der Waals surface area contributed by atoms with E-state index in [4.69, 9.17) is 11.1 Å². The van der Waals surface area contributed by atoms with Gasteiger partial charge < -0.3 is 21.2 Å². The molecule has 2 amide bonds. The van der Waals surface area contributed by atoms with Gasteiger partial charge in [0.2, 0.25) is 5.91 Å². The zero-order valence-corrected chi connectivity index (χ0v) is 18.0. The van der Waals surface area contributed by atoms with Crippen LogP contribution < -0.4 is 21.3 Å². The Morgan fingerprint density at radius 3 is 2.28 bits per heavy atom. The number of benzene rings is 2. The summed E-state index contributed by atoms with van der Waals surface area (Å²) in [7, 11) is -4.22. The highest BCUT2D eigenvalue weighted by Gasteiger charge is 2.21. The lowest BCUT2D eigenvalue weighted by Crippen LogP contribution is -2.29. The zero-order chi connectivity index (χ0) is 23.7. The number of carbonyl (C=O) groups excluding carboxylic acids is 3. The standard InChI is InChI=1S/C20H23N5O6S/c1-2-18(27)31-25-32(29,30)16-6-4-3-5-15(16)24-17(26)11-12-23-20(28)14-9-7-13(8-10-14)19(21)22/h3-10,25H,2,11-12H2,1H3,(H3,21,22)(H,23,28)(H,24,26). The van der Waals surface area contributed by atoms with Crippen LogP contribution in [-0.4, -0.2) is 38.6 Å². The van der Waals surface area contributed by atoms with Gasteiger partial charge in [0.05, 0.1) is 5.69 Å². The molecule has 32 heavy (non-hydrogen) atoms. The van der Waals surface area contributed by atoms with Gasteiger partial charge in [-0.1, -0.05) is 31.2 Å². The number of para-hydroxylation sites is 1. The van der Waals surface area contributed by atoms with Crippen molar-refractivity contribution in [1.29, 1.82) is 5.41 Å². The number of sulfonamides is 1. The molecule has 0 saturated carbocycles. The van der Waals surface area contributed by atoms with Crippen LogP contribution in [0.25, 0.3) is 0 Å². The van der Waals surface area contributed by atoms with Crippen molar-refractivity contribution in [2.75, 3.05) is 11.9 Å². The first-order valence-electron chi connectivity index (χ1n) is 9.47. The minimum Gasteiger partial charge on any atom is -0.384 e. The van der Waals surface area contributed by atoms with Gasteiger partial charge in [-0.25, -0.2) is 8.42 Å². The number of carbonyl (C=O) groups is 3. The maximum atomic E-state index is 12.4. The van der Waals surface area contributed by atoms with Gasteiger partial charge in [0, 0.05) is 30.5 Å². The van der Waals surface area contributed by atoms with E-state index in [0.29, 0.717) is 11.1 Å². The molecule has 0 fully saturated rings. The third-order valence-corrected chi connectivity index (χ3v) is 5.34. The third kappa shape index (κ3) is 6.89. The summed E-state index contributed by atoms with van der Waals surface area (Å²) < 4.78 is 24.7. The molecule has 2 rings (SSSR count). The molecule has 0 spiro atoms. The van der Waals surface area contributed by atoms with Crippen molar-refractivity contribution >= 4 is 39.3 Å². The topological polar surface area (TPSA) is 181 Å². The average molecular weight is 462 g/mol. The van der Waals surface area contributed by atoms with E-state index in [1.807, 2.05) is 0 Å². The van der Waals surface area contributed by atoms with Gasteiger partial charge in [0.25, 0.3) is 15.9 Å². The summed E-state index contributed by atoms with van der Waals surface area (Å²) in [4.78, 5) is 41.5. The summed E-state index contributed by atoms with van der Waals surface area (Å²) in [6.07, 6.45) is -0.141. The van der Waals surface area contributed by atoms with Crippen LogP contribution >= 0.6 is 0 Å². The lowest BCUT2D eigenvalue weighted by molar-refractivity contribution is -0.146. The number of rotatable bonds is 10. The van der Waals surface area contributed by atoms with Gasteiger partial charge in [-0.3, -0.25) is 19.8 Å². The number of amides is 2. The molecule has 170 valence electrons. The molecule has 2 aromatic carbocycles. The van der Waals surface area contributed by atoms with Crippen molar-refractivity contribution in [2.45, 2.75) is 24.7 Å². The lowest BCUT2D eigenvalue weighted by atomic mass is 10.1. The Bertz CT molecular complexity index is 1120. The van der Waals surface area contributed by atoms with E-state index in [9.17, 15) is 22.8 Å². The lowest BCUT2D eigenvalue weighted by Gasteiger charge is -2.12. The van der Waals surface area contributed by atoms with Crippen LogP contribution in [0, 0.1) is 5.41 Å². The number of nitrogens with one attached hydrogen (secondary N) is 4. The van der Waals surface area contributed by atoms with E-state index < -0.39 is 27.8 Å². The molecule has 0 aliphatic rings. The van der Waals surface area contributed by atoms with Crippen molar-refractivity contribution in [3.63, 3.8) is 0 Å². The fraction of sp³-hybridized carbons (Fsp3) is 0.200. The second-order valence-electron chi connectivity index (χ2n) is 6.46. The van der Waals surface area contributed by atoms with Gasteiger partial charge in [0.15, 0.2) is 0 Å². The number of amidine groups is 1. The fourth-order valence-electron chi connectivity index (χ4n) is 2.43. The molecule has 0 bridgehead atoms. The van der Waals surface area contributed by atoms with Gasteiger partial charge in [-0.15, -0.1) is 0 Å². The van der Waals surface area contributed by atoms with Crippen LogP contribution in [0.2, 0.25) is 0 Å². The molecule has 11 nitrogen and oxygen atoms in total. The molecular formula is C20H23N5O6S. The van der Waals surface area contributed by atoms with Crippen molar-refractivity contribution < 1.29 is 27.6 Å². The Morgan fingerprint density at radius 2 is 1.66 bits per heavy atom. The average Bonchev–Trinajstić information content (AvgIpc) is 2.77. The van der Waals surface area contributed by atoms with Crippen LogP contribution in [0.1, 0.15) is 35.7 Å². The molecule has 0 heterocycles. The highest BCUT2D eigenvalue weighted by Crippen LogP contribution is 2.20. The molecule has 0 atom stereocenters. The maximum absolute atomic E-state index is 12.4. The van der Waals surface area contributed by atoms with Crippen LogP contribution in [0.4, 0.5) is 5.69 Å². The molecule has 0 radical (unpaired) electrons. The first-order valence-corrected chi connectivity index (χ1v) is 11.0. The highest BCUT2D eigenvalue weighted by molar-refractivity contribution is 7.89. The van der Waals surface area contributed by atoms with Crippen molar-refractivity contribution in [2.24, 2.45) is 5.73 Å². The molecular weight excluding hydrogens is 438 g/mol. The quantitative estimate of drug-likeness (QED) is 0.198. The van der Waals surface area contributed by atoms with Gasteiger partial charge in [0.1, 0.15) is 10.7 Å². The number of nitrogens with two attached hydrogens (primary N) is 1. The molecule has 0 aromatic heterocycles. The minimum absolute atomic E-state index is 0.000403. The van der Waals surface area contributed by atoms with Crippen molar-refractivity contribution in [3.05, 3.63) is 59.7 Å². The molecule has 2 aromatic rings. The van der Waals surface area contributed by atoms with E-state index in [2.05, 4.69) is 15.5 Å². The van der Waals surface area contributed by atoms with Gasteiger partial charge >= 0.3 is 5.97 Å². The zero-order valence-electron chi connectivity index (χ0n) is 17.2. The Hall–Kier alpha value is -3.77. The first-order chi connectivity index (χ1) is 15.1. The summed E-state index contributed by atoms with van der Waals surface area (Å²) in [5, 5.41) is 12.4. The van der Waals surface area contributed by atoms with Crippen LogP contribution in [-0.2, 0) is 24.4 Å². The van der Waals surface area contributed by atoms with E-state index in [0.717, 1.165) is 0 Å². The molecule has 6 N–H and O–H groups in total. The Kier molecular flexibility index (Phi) is 8.44. The van der Waals surface area contributed by atoms with Gasteiger partial charge in [-0.05, 0) is 29.2 Å². The number of hydrogen-bond donors (Lipinski definition) is 5. The Balaban J connectivity index is 1.94. The number of nitrogen functional groups attached to an aromatic ring is 1. The van der Waals surface area contributed by atoms with E-state index in [1.54, 1.807) is 4.89 Å². The molecule has 0 saturated heterocycles. The van der Waals surface area contributed by atoms with E-state index in [1.165, 1.54) is 55.5 Å². The predicted octanol–water partition coefficient (Wildman–Crippen LogP) is 0.876. The third-order valence-electron chi connectivity index (χ3n) is 4.10. The summed E-state index contributed by atoms with van der Waals surface area (Å²) in [6.45, 7) is 1.51. The first kappa shape index (κ1) is 24.5. The van der Waals surface area contributed by atoms with Crippen molar-refractivity contribution in [1.82, 2.24) is 10.2 Å². The van der Waals surface area contributed by atoms with Crippen LogP contribution in [0.5, 0.6) is 0 Å². The van der Waals surface area contributed by atoms with E-state index >= 15 is 0 Å². The summed E-state index contributed by atoms with van der Waals surface area (Å²) in [5.74, 6) is -1.83. The predicted molar refractivity (Wildman–Crippen MR) is 116 cm³/mol. The normalized spacial score (nSPS) is 10.8. The second kappa shape index (κ2) is 11.0. The Labute approximate surface area is 184 Å². The van der Waals surface area contributed by atoms with Gasteiger partial charge in [-0.2, -0.15) is 0 Å². The monoisotopic (exact) mass is 461 g/mol. The minimum atomic E-state index is -4.22. The molecule has 0 aliphatic heterocycles. The Morgan fingerprint density at radius 1 is 1.03 bits per heavy atom. The second-order valence-corrected chi connectivity index (χ2v) is 8.07. The molecule has 12 heteroatoms. The van der Waals surface area contributed by atoms with E-state index in [-0.39, 0.29) is 35.8 Å².